The van der Waals surface area contributed by atoms with Gasteiger partial charge in [0.05, 0.1) is 17.2 Å². The van der Waals surface area contributed by atoms with E-state index in [2.05, 4.69) is 10.3 Å². The first-order valence-corrected chi connectivity index (χ1v) is 8.29. The standard InChI is InChI=1S/C14H20N4O2S/c1-2-12-16-8-11(21-12)13(19)17-6-3-4-10(9-17)18-7-5-15-14(18)20/h8,10H,2-7,9H2,1H3,(H,15,20)/t10-/m0/s1. The summed E-state index contributed by atoms with van der Waals surface area (Å²) in [6, 6.07) is 0.143. The molecule has 114 valence electrons. The van der Waals surface area contributed by atoms with E-state index in [9.17, 15) is 9.59 Å². The molecule has 1 N–H and O–H groups in total. The summed E-state index contributed by atoms with van der Waals surface area (Å²) < 4.78 is 0. The van der Waals surface area contributed by atoms with E-state index in [1.54, 1.807) is 6.20 Å². The zero-order chi connectivity index (χ0) is 14.8. The van der Waals surface area contributed by atoms with E-state index >= 15 is 0 Å². The fourth-order valence-electron chi connectivity index (χ4n) is 2.96. The van der Waals surface area contributed by atoms with E-state index in [-0.39, 0.29) is 18.0 Å². The molecule has 2 saturated heterocycles. The minimum absolute atomic E-state index is 0.000332. The topological polar surface area (TPSA) is 65.5 Å². The van der Waals surface area contributed by atoms with Crippen molar-refractivity contribution < 1.29 is 9.59 Å². The molecule has 0 unspecified atom stereocenters. The van der Waals surface area contributed by atoms with Crippen molar-refractivity contribution in [2.24, 2.45) is 0 Å². The number of nitrogens with one attached hydrogen (secondary N) is 1. The Bertz CT molecular complexity index is 545. The number of aromatic nitrogens is 1. The Morgan fingerprint density at radius 3 is 3.05 bits per heavy atom. The number of hydrogen-bond donors (Lipinski definition) is 1. The molecule has 7 heteroatoms. The Hall–Kier alpha value is -1.63. The maximum atomic E-state index is 12.5. The summed E-state index contributed by atoms with van der Waals surface area (Å²) in [5.74, 6) is 0.0523. The molecule has 1 aromatic heterocycles. The van der Waals surface area contributed by atoms with Crippen LogP contribution in [-0.2, 0) is 6.42 Å². The van der Waals surface area contributed by atoms with Gasteiger partial charge in [0.2, 0.25) is 0 Å². The zero-order valence-corrected chi connectivity index (χ0v) is 13.0. The molecule has 0 spiro atoms. The summed E-state index contributed by atoms with van der Waals surface area (Å²) in [6.45, 7) is 4.88. The van der Waals surface area contributed by atoms with Crippen molar-refractivity contribution in [3.8, 4) is 0 Å². The van der Waals surface area contributed by atoms with Crippen LogP contribution in [0, 0.1) is 0 Å². The lowest BCUT2D eigenvalue weighted by Crippen LogP contribution is -2.50. The Balaban J connectivity index is 1.67. The van der Waals surface area contributed by atoms with Crippen LogP contribution < -0.4 is 5.32 Å². The summed E-state index contributed by atoms with van der Waals surface area (Å²) in [5.41, 5.74) is 0. The van der Waals surface area contributed by atoms with E-state index in [4.69, 9.17) is 0 Å². The number of rotatable bonds is 3. The molecule has 21 heavy (non-hydrogen) atoms. The third-order valence-electron chi connectivity index (χ3n) is 4.08. The molecule has 0 saturated carbocycles. The van der Waals surface area contributed by atoms with Crippen LogP contribution in [0.25, 0.3) is 0 Å². The summed E-state index contributed by atoms with van der Waals surface area (Å²) in [4.78, 5) is 33.0. The van der Waals surface area contributed by atoms with Gasteiger partial charge < -0.3 is 15.1 Å². The number of nitrogens with zero attached hydrogens (tertiary/aromatic N) is 3. The minimum Gasteiger partial charge on any atom is -0.336 e. The van der Waals surface area contributed by atoms with Crippen molar-refractivity contribution in [2.45, 2.75) is 32.2 Å². The summed E-state index contributed by atoms with van der Waals surface area (Å²) >= 11 is 1.47. The number of hydrogen-bond acceptors (Lipinski definition) is 4. The number of carbonyl (C=O) groups is 2. The van der Waals surface area contributed by atoms with Crippen LogP contribution in [0.4, 0.5) is 4.79 Å². The Morgan fingerprint density at radius 1 is 1.52 bits per heavy atom. The molecule has 3 amide bonds. The average molecular weight is 308 g/mol. The molecule has 0 aromatic carbocycles. The van der Waals surface area contributed by atoms with Gasteiger partial charge in [-0.1, -0.05) is 6.92 Å². The van der Waals surface area contributed by atoms with Crippen LogP contribution in [0.15, 0.2) is 6.20 Å². The molecular weight excluding hydrogens is 288 g/mol. The third-order valence-corrected chi connectivity index (χ3v) is 5.21. The molecule has 2 fully saturated rings. The quantitative estimate of drug-likeness (QED) is 0.916. The summed E-state index contributed by atoms with van der Waals surface area (Å²) in [6.07, 6.45) is 4.45. The van der Waals surface area contributed by atoms with Gasteiger partial charge in [-0.2, -0.15) is 0 Å². The van der Waals surface area contributed by atoms with Gasteiger partial charge in [-0.05, 0) is 19.3 Å². The molecule has 1 atom stereocenters. The van der Waals surface area contributed by atoms with Crippen molar-refractivity contribution >= 4 is 23.3 Å². The lowest BCUT2D eigenvalue weighted by molar-refractivity contribution is 0.0639. The second-order valence-corrected chi connectivity index (χ2v) is 6.56. The van der Waals surface area contributed by atoms with Crippen molar-refractivity contribution in [3.63, 3.8) is 0 Å². The first kappa shape index (κ1) is 14.3. The second-order valence-electron chi connectivity index (χ2n) is 5.44. The SMILES string of the molecule is CCc1ncc(C(=O)N2CCC[C@H](N3CCNC3=O)C2)s1. The second kappa shape index (κ2) is 6.01. The van der Waals surface area contributed by atoms with Crippen LogP contribution in [0.5, 0.6) is 0 Å². The Kier molecular flexibility index (Phi) is 4.10. The number of urea groups is 1. The number of likely N-dealkylation sites (tertiary alicyclic amines) is 1. The average Bonchev–Trinajstić information content (AvgIpc) is 3.15. The monoisotopic (exact) mass is 308 g/mol. The van der Waals surface area contributed by atoms with E-state index in [0.29, 0.717) is 18.0 Å². The molecule has 0 radical (unpaired) electrons. The van der Waals surface area contributed by atoms with Gasteiger partial charge in [-0.3, -0.25) is 4.79 Å². The maximum Gasteiger partial charge on any atom is 0.317 e. The first-order chi connectivity index (χ1) is 10.2. The molecule has 0 bridgehead atoms. The molecular formula is C14H20N4O2S. The molecule has 3 rings (SSSR count). The van der Waals surface area contributed by atoms with Gasteiger partial charge in [0.25, 0.3) is 5.91 Å². The fourth-order valence-corrected chi connectivity index (χ4v) is 3.78. The minimum atomic E-state index is 0.000332. The predicted molar refractivity (Wildman–Crippen MR) is 80.5 cm³/mol. The Labute approximate surface area is 128 Å². The Morgan fingerprint density at radius 2 is 2.38 bits per heavy atom. The number of piperidine rings is 1. The number of aryl methyl sites for hydroxylation is 1. The van der Waals surface area contributed by atoms with Crippen LogP contribution in [0.3, 0.4) is 0 Å². The zero-order valence-electron chi connectivity index (χ0n) is 12.2. The van der Waals surface area contributed by atoms with Crippen LogP contribution in [0.2, 0.25) is 0 Å². The third kappa shape index (κ3) is 2.88. The van der Waals surface area contributed by atoms with Gasteiger partial charge in [0, 0.05) is 26.2 Å². The molecule has 2 aliphatic heterocycles. The molecule has 2 aliphatic rings. The fraction of sp³-hybridized carbons (Fsp3) is 0.643. The number of amides is 3. The van der Waals surface area contributed by atoms with E-state index in [1.807, 2.05) is 16.7 Å². The first-order valence-electron chi connectivity index (χ1n) is 7.47. The van der Waals surface area contributed by atoms with E-state index in [1.165, 1.54) is 11.3 Å². The van der Waals surface area contributed by atoms with E-state index < -0.39 is 0 Å². The highest BCUT2D eigenvalue weighted by Crippen LogP contribution is 2.22. The lowest BCUT2D eigenvalue weighted by Gasteiger charge is -2.36. The van der Waals surface area contributed by atoms with E-state index in [0.717, 1.165) is 37.4 Å². The predicted octanol–water partition coefficient (Wildman–Crippen LogP) is 1.34. The van der Waals surface area contributed by atoms with Gasteiger partial charge in [-0.15, -0.1) is 11.3 Å². The summed E-state index contributed by atoms with van der Waals surface area (Å²) in [7, 11) is 0. The van der Waals surface area contributed by atoms with Crippen molar-refractivity contribution in [2.75, 3.05) is 26.2 Å². The van der Waals surface area contributed by atoms with Crippen molar-refractivity contribution in [1.29, 1.82) is 0 Å². The van der Waals surface area contributed by atoms with Crippen LogP contribution in [-0.4, -0.2) is 58.9 Å². The van der Waals surface area contributed by atoms with Gasteiger partial charge in [0.15, 0.2) is 0 Å². The smallest absolute Gasteiger partial charge is 0.317 e. The highest BCUT2D eigenvalue weighted by molar-refractivity contribution is 7.13. The summed E-state index contributed by atoms with van der Waals surface area (Å²) in [5, 5.41) is 3.82. The van der Waals surface area contributed by atoms with Gasteiger partial charge in [0.1, 0.15) is 4.88 Å². The number of carbonyl (C=O) groups excluding carboxylic acids is 2. The van der Waals surface area contributed by atoms with Crippen LogP contribution >= 0.6 is 11.3 Å². The highest BCUT2D eigenvalue weighted by Gasteiger charge is 2.33. The van der Waals surface area contributed by atoms with Crippen LogP contribution in [0.1, 0.15) is 34.4 Å². The van der Waals surface area contributed by atoms with Crippen molar-refractivity contribution in [1.82, 2.24) is 20.1 Å². The number of thiazole rings is 1. The van der Waals surface area contributed by atoms with Gasteiger partial charge >= 0.3 is 6.03 Å². The molecule has 1 aromatic rings. The lowest BCUT2D eigenvalue weighted by atomic mass is 10.0. The highest BCUT2D eigenvalue weighted by atomic mass is 32.1. The normalized spacial score (nSPS) is 22.5. The van der Waals surface area contributed by atoms with Gasteiger partial charge in [-0.25, -0.2) is 9.78 Å². The molecule has 6 nitrogen and oxygen atoms in total. The molecule has 3 heterocycles. The van der Waals surface area contributed by atoms with Crippen molar-refractivity contribution in [3.05, 3.63) is 16.1 Å². The molecule has 0 aliphatic carbocycles. The maximum absolute atomic E-state index is 12.5. The largest absolute Gasteiger partial charge is 0.336 e.